The van der Waals surface area contributed by atoms with Crippen LogP contribution in [0.25, 0.3) is 0 Å². The van der Waals surface area contributed by atoms with E-state index in [4.69, 9.17) is 14.2 Å². The van der Waals surface area contributed by atoms with E-state index in [9.17, 15) is 4.79 Å². The number of benzene rings is 1. The van der Waals surface area contributed by atoms with Crippen LogP contribution in [-0.2, 0) is 16.1 Å². The molecule has 0 fully saturated rings. The van der Waals surface area contributed by atoms with Crippen LogP contribution in [0.1, 0.15) is 25.3 Å². The van der Waals surface area contributed by atoms with Crippen molar-refractivity contribution in [3.8, 4) is 11.5 Å². The molecule has 0 aliphatic rings. The van der Waals surface area contributed by atoms with Crippen molar-refractivity contribution in [1.29, 1.82) is 0 Å². The minimum atomic E-state index is -0.343. The lowest BCUT2D eigenvalue weighted by atomic mass is 10.2. The van der Waals surface area contributed by atoms with Crippen molar-refractivity contribution < 1.29 is 19.0 Å². The highest BCUT2D eigenvalue weighted by Crippen LogP contribution is 2.24. The second-order valence-corrected chi connectivity index (χ2v) is 4.37. The Morgan fingerprint density at radius 3 is 2.80 bits per heavy atom. The summed E-state index contributed by atoms with van der Waals surface area (Å²) in [5.74, 6) is 1.07. The molecule has 1 aromatic rings. The van der Waals surface area contributed by atoms with Gasteiger partial charge in [0.1, 0.15) is 11.5 Å². The van der Waals surface area contributed by atoms with Crippen LogP contribution in [0, 0.1) is 0 Å². The number of carbonyl (C=O) groups excluding carboxylic acids is 1. The normalized spacial score (nSPS) is 10.2. The van der Waals surface area contributed by atoms with Gasteiger partial charge in [-0.25, -0.2) is 4.79 Å². The first-order chi connectivity index (χ1) is 9.71. The second-order valence-electron chi connectivity index (χ2n) is 4.37. The smallest absolute Gasteiger partial charge is 0.344 e. The van der Waals surface area contributed by atoms with Crippen LogP contribution in [0.4, 0.5) is 0 Å². The Morgan fingerprint density at radius 2 is 2.15 bits per heavy atom. The predicted octanol–water partition coefficient (Wildman–Crippen LogP) is 2.14. The lowest BCUT2D eigenvalue weighted by molar-refractivity contribution is -0.146. The minimum absolute atomic E-state index is 0.0766. The lowest BCUT2D eigenvalue weighted by Gasteiger charge is -2.12. The van der Waals surface area contributed by atoms with E-state index >= 15 is 0 Å². The number of esters is 1. The van der Waals surface area contributed by atoms with E-state index in [1.807, 2.05) is 20.0 Å². The summed E-state index contributed by atoms with van der Waals surface area (Å²) < 4.78 is 15.7. The molecule has 0 bridgehead atoms. The molecule has 1 rings (SSSR count). The number of carbonyl (C=O) groups is 1. The van der Waals surface area contributed by atoms with E-state index in [1.54, 1.807) is 19.2 Å². The van der Waals surface area contributed by atoms with Crippen molar-refractivity contribution in [1.82, 2.24) is 5.32 Å². The fourth-order valence-electron chi connectivity index (χ4n) is 1.66. The molecule has 0 aromatic heterocycles. The van der Waals surface area contributed by atoms with Gasteiger partial charge in [-0.15, -0.1) is 0 Å². The van der Waals surface area contributed by atoms with Crippen LogP contribution in [-0.4, -0.2) is 33.3 Å². The molecule has 0 amide bonds. The average molecular weight is 281 g/mol. The number of unbranched alkanes of at least 4 members (excludes halogenated alkanes) is 1. The highest BCUT2D eigenvalue weighted by Gasteiger charge is 2.08. The van der Waals surface area contributed by atoms with E-state index in [0.717, 1.165) is 24.2 Å². The van der Waals surface area contributed by atoms with E-state index in [2.05, 4.69) is 5.32 Å². The monoisotopic (exact) mass is 281 g/mol. The van der Waals surface area contributed by atoms with E-state index < -0.39 is 0 Å². The van der Waals surface area contributed by atoms with Crippen LogP contribution in [0.5, 0.6) is 11.5 Å². The fourth-order valence-corrected chi connectivity index (χ4v) is 1.66. The highest BCUT2D eigenvalue weighted by molar-refractivity contribution is 5.71. The Hall–Kier alpha value is -1.75. The summed E-state index contributed by atoms with van der Waals surface area (Å²) in [6, 6.07) is 5.48. The zero-order chi connectivity index (χ0) is 14.8. The molecule has 1 aromatic carbocycles. The number of nitrogens with one attached hydrogen (secondary N) is 1. The van der Waals surface area contributed by atoms with Gasteiger partial charge in [0.2, 0.25) is 0 Å². The van der Waals surface area contributed by atoms with Crippen molar-refractivity contribution in [3.05, 3.63) is 23.8 Å². The van der Waals surface area contributed by atoms with Gasteiger partial charge >= 0.3 is 5.97 Å². The Kier molecular flexibility index (Phi) is 7.50. The predicted molar refractivity (Wildman–Crippen MR) is 77.1 cm³/mol. The quantitative estimate of drug-likeness (QED) is 0.555. The summed E-state index contributed by atoms with van der Waals surface area (Å²) in [6.45, 7) is 3.06. The third kappa shape index (κ3) is 5.48. The Bertz CT molecular complexity index is 420. The molecule has 0 unspecified atom stereocenters. The first-order valence-corrected chi connectivity index (χ1v) is 6.81. The van der Waals surface area contributed by atoms with Crippen LogP contribution < -0.4 is 14.8 Å². The molecule has 0 radical (unpaired) electrons. The van der Waals surface area contributed by atoms with Crippen molar-refractivity contribution in [2.24, 2.45) is 0 Å². The van der Waals surface area contributed by atoms with Crippen LogP contribution in [0.2, 0.25) is 0 Å². The van der Waals surface area contributed by atoms with Crippen molar-refractivity contribution in [2.45, 2.75) is 26.3 Å². The number of rotatable bonds is 9. The van der Waals surface area contributed by atoms with Gasteiger partial charge in [0.05, 0.1) is 13.7 Å². The number of hydrogen-bond donors (Lipinski definition) is 1. The summed E-state index contributed by atoms with van der Waals surface area (Å²) in [7, 11) is 3.46. The summed E-state index contributed by atoms with van der Waals surface area (Å²) in [6.07, 6.45) is 1.87. The largest absolute Gasteiger partial charge is 0.497 e. The molecular formula is C15H23NO4. The maximum Gasteiger partial charge on any atom is 0.344 e. The second kappa shape index (κ2) is 9.20. The summed E-state index contributed by atoms with van der Waals surface area (Å²) >= 11 is 0. The van der Waals surface area contributed by atoms with Gasteiger partial charge in [-0.3, -0.25) is 0 Å². The van der Waals surface area contributed by atoms with Crippen LogP contribution >= 0.6 is 0 Å². The Morgan fingerprint density at radius 1 is 1.35 bits per heavy atom. The molecule has 0 aliphatic carbocycles. The lowest BCUT2D eigenvalue weighted by Crippen LogP contribution is -2.17. The van der Waals surface area contributed by atoms with Gasteiger partial charge in [-0.2, -0.15) is 0 Å². The first kappa shape index (κ1) is 16.3. The molecule has 5 heteroatoms. The van der Waals surface area contributed by atoms with E-state index in [1.165, 1.54) is 0 Å². The van der Waals surface area contributed by atoms with Gasteiger partial charge in [-0.05, 0) is 31.7 Å². The topological polar surface area (TPSA) is 56.8 Å². The number of ether oxygens (including phenoxy) is 3. The van der Waals surface area contributed by atoms with Crippen LogP contribution in [0.15, 0.2) is 18.2 Å². The van der Waals surface area contributed by atoms with E-state index in [0.29, 0.717) is 18.9 Å². The third-order valence-corrected chi connectivity index (χ3v) is 2.74. The van der Waals surface area contributed by atoms with Gasteiger partial charge in [0.25, 0.3) is 0 Å². The number of hydrogen-bond acceptors (Lipinski definition) is 5. The molecule has 0 saturated heterocycles. The minimum Gasteiger partial charge on any atom is -0.497 e. The molecule has 0 saturated carbocycles. The Balaban J connectivity index is 2.55. The van der Waals surface area contributed by atoms with Gasteiger partial charge in [0, 0.05) is 12.1 Å². The first-order valence-electron chi connectivity index (χ1n) is 6.81. The molecule has 20 heavy (non-hydrogen) atoms. The Labute approximate surface area is 120 Å². The summed E-state index contributed by atoms with van der Waals surface area (Å²) in [4.78, 5) is 11.5. The van der Waals surface area contributed by atoms with E-state index in [-0.39, 0.29) is 12.6 Å². The van der Waals surface area contributed by atoms with Gasteiger partial charge in [0.15, 0.2) is 6.61 Å². The van der Waals surface area contributed by atoms with Crippen molar-refractivity contribution in [3.63, 3.8) is 0 Å². The zero-order valence-electron chi connectivity index (χ0n) is 12.4. The van der Waals surface area contributed by atoms with Gasteiger partial charge in [-0.1, -0.05) is 13.3 Å². The maximum absolute atomic E-state index is 11.5. The third-order valence-electron chi connectivity index (χ3n) is 2.74. The summed E-state index contributed by atoms with van der Waals surface area (Å²) in [5, 5.41) is 3.05. The average Bonchev–Trinajstić information content (AvgIpc) is 2.46. The molecular weight excluding hydrogens is 258 g/mol. The molecule has 5 nitrogen and oxygen atoms in total. The van der Waals surface area contributed by atoms with Crippen molar-refractivity contribution in [2.75, 3.05) is 27.4 Å². The molecule has 0 atom stereocenters. The van der Waals surface area contributed by atoms with Crippen molar-refractivity contribution >= 4 is 5.97 Å². The molecule has 0 heterocycles. The molecule has 1 N–H and O–H groups in total. The van der Waals surface area contributed by atoms with Gasteiger partial charge < -0.3 is 19.5 Å². The molecule has 0 spiro atoms. The highest BCUT2D eigenvalue weighted by atomic mass is 16.6. The number of methoxy groups -OCH3 is 1. The molecule has 0 aliphatic heterocycles. The van der Waals surface area contributed by atoms with Crippen LogP contribution in [0.3, 0.4) is 0 Å². The summed E-state index contributed by atoms with van der Waals surface area (Å²) in [5.41, 5.74) is 0.938. The SMILES string of the molecule is CCCCOC(=O)COc1ccc(OC)cc1CNC. The fraction of sp³-hybridized carbons (Fsp3) is 0.533. The maximum atomic E-state index is 11.5. The zero-order valence-corrected chi connectivity index (χ0v) is 12.4. The molecule has 112 valence electrons. The standard InChI is InChI=1S/C15H23NO4/c1-4-5-8-19-15(17)11-20-14-7-6-13(18-3)9-12(14)10-16-2/h6-7,9,16H,4-5,8,10-11H2,1-3H3.